The van der Waals surface area contributed by atoms with Crippen LogP contribution in [0.5, 0.6) is 0 Å². The Hall–Kier alpha value is -1.54. The molecule has 0 aromatic carbocycles. The molecule has 0 atom stereocenters. The molecule has 0 aliphatic rings. The summed E-state index contributed by atoms with van der Waals surface area (Å²) in [5, 5.41) is 14.9. The average molecular weight is 343 g/mol. The van der Waals surface area contributed by atoms with Crippen LogP contribution in [-0.2, 0) is 6.54 Å². The predicted molar refractivity (Wildman–Crippen MR) is 77.5 cm³/mol. The topological polar surface area (TPSA) is 81.0 Å². The second-order valence-electron chi connectivity index (χ2n) is 3.89. The number of nitrogens with zero attached hydrogens (tertiary/aromatic N) is 3. The maximum absolute atomic E-state index is 10.8. The standard InChI is InChI=1S/C11H11BrN4O2S/c1-6-9(16(17)18)5-15-11(10(6)12)14-4-8-3-13-7(2)19-8/h3,5H,4H2,1-2H3,(H,14,15). The first kappa shape index (κ1) is 13.9. The lowest BCUT2D eigenvalue weighted by atomic mass is 10.2. The van der Waals surface area contributed by atoms with Crippen molar-refractivity contribution in [2.45, 2.75) is 20.4 Å². The van der Waals surface area contributed by atoms with E-state index in [1.807, 2.05) is 6.92 Å². The van der Waals surface area contributed by atoms with E-state index in [1.54, 1.807) is 24.5 Å². The number of hydrogen-bond acceptors (Lipinski definition) is 6. The lowest BCUT2D eigenvalue weighted by molar-refractivity contribution is -0.385. The van der Waals surface area contributed by atoms with Gasteiger partial charge in [-0.3, -0.25) is 10.1 Å². The summed E-state index contributed by atoms with van der Waals surface area (Å²) in [5.74, 6) is 0.592. The van der Waals surface area contributed by atoms with Crippen molar-refractivity contribution in [2.24, 2.45) is 0 Å². The van der Waals surface area contributed by atoms with Gasteiger partial charge in [-0.2, -0.15) is 0 Å². The Bertz CT molecular complexity index is 629. The van der Waals surface area contributed by atoms with E-state index in [9.17, 15) is 10.1 Å². The van der Waals surface area contributed by atoms with Crippen LogP contribution in [-0.4, -0.2) is 14.9 Å². The monoisotopic (exact) mass is 342 g/mol. The third-order valence-electron chi connectivity index (χ3n) is 2.53. The molecule has 0 radical (unpaired) electrons. The summed E-state index contributed by atoms with van der Waals surface area (Å²) in [4.78, 5) is 19.7. The molecule has 6 nitrogen and oxygen atoms in total. The summed E-state index contributed by atoms with van der Waals surface area (Å²) in [6, 6.07) is 0. The number of anilines is 1. The largest absolute Gasteiger partial charge is 0.364 e. The molecule has 100 valence electrons. The van der Waals surface area contributed by atoms with Gasteiger partial charge in [0.25, 0.3) is 5.69 Å². The van der Waals surface area contributed by atoms with E-state index in [2.05, 4.69) is 31.2 Å². The van der Waals surface area contributed by atoms with Gasteiger partial charge in [0.1, 0.15) is 12.0 Å². The van der Waals surface area contributed by atoms with Gasteiger partial charge in [0, 0.05) is 16.6 Å². The third-order valence-corrected chi connectivity index (χ3v) is 4.42. The maximum Gasteiger partial charge on any atom is 0.291 e. The molecule has 8 heteroatoms. The molecule has 0 fully saturated rings. The van der Waals surface area contributed by atoms with Crippen molar-refractivity contribution in [1.29, 1.82) is 0 Å². The molecule has 0 saturated heterocycles. The third kappa shape index (κ3) is 3.07. The van der Waals surface area contributed by atoms with Gasteiger partial charge in [0.05, 0.1) is 20.9 Å². The minimum Gasteiger partial charge on any atom is -0.364 e. The van der Waals surface area contributed by atoms with Crippen molar-refractivity contribution < 1.29 is 4.92 Å². The summed E-state index contributed by atoms with van der Waals surface area (Å²) < 4.78 is 0.614. The van der Waals surface area contributed by atoms with E-state index >= 15 is 0 Å². The fourth-order valence-electron chi connectivity index (χ4n) is 1.53. The van der Waals surface area contributed by atoms with E-state index < -0.39 is 4.92 Å². The first-order chi connectivity index (χ1) is 8.99. The summed E-state index contributed by atoms with van der Waals surface area (Å²) in [5.41, 5.74) is 0.564. The van der Waals surface area contributed by atoms with Gasteiger partial charge in [-0.15, -0.1) is 11.3 Å². The molecule has 1 N–H and O–H groups in total. The summed E-state index contributed by atoms with van der Waals surface area (Å²) in [6.45, 7) is 4.22. The van der Waals surface area contributed by atoms with Crippen LogP contribution in [0.1, 0.15) is 15.4 Å². The predicted octanol–water partition coefficient (Wildman–Crippen LogP) is 3.44. The van der Waals surface area contributed by atoms with Gasteiger partial charge in [-0.05, 0) is 29.8 Å². The number of aryl methyl sites for hydroxylation is 1. The van der Waals surface area contributed by atoms with Crippen LogP contribution in [0.25, 0.3) is 0 Å². The highest BCUT2D eigenvalue weighted by Crippen LogP contribution is 2.30. The van der Waals surface area contributed by atoms with E-state index in [0.717, 1.165) is 9.88 Å². The quantitative estimate of drug-likeness (QED) is 0.679. The van der Waals surface area contributed by atoms with Crippen molar-refractivity contribution in [3.8, 4) is 0 Å². The molecule has 2 heterocycles. The van der Waals surface area contributed by atoms with Crippen molar-refractivity contribution in [3.05, 3.63) is 42.4 Å². The lowest BCUT2D eigenvalue weighted by Crippen LogP contribution is -2.03. The van der Waals surface area contributed by atoms with Gasteiger partial charge < -0.3 is 5.32 Å². The minimum atomic E-state index is -0.441. The molecule has 0 aliphatic carbocycles. The number of nitro groups is 1. The Morgan fingerprint density at radius 2 is 2.16 bits per heavy atom. The summed E-state index contributed by atoms with van der Waals surface area (Å²) >= 11 is 4.94. The second kappa shape index (κ2) is 5.62. The zero-order valence-corrected chi connectivity index (χ0v) is 12.7. The van der Waals surface area contributed by atoms with Crippen LogP contribution in [0.15, 0.2) is 16.9 Å². The molecule has 0 saturated carbocycles. The highest BCUT2D eigenvalue weighted by atomic mass is 79.9. The van der Waals surface area contributed by atoms with Gasteiger partial charge in [-0.25, -0.2) is 9.97 Å². The minimum absolute atomic E-state index is 0.00561. The molecule has 0 spiro atoms. The fourth-order valence-corrected chi connectivity index (χ4v) is 2.71. The summed E-state index contributed by atoms with van der Waals surface area (Å²) in [7, 11) is 0. The van der Waals surface area contributed by atoms with Crippen LogP contribution >= 0.6 is 27.3 Å². The normalized spacial score (nSPS) is 10.5. The summed E-state index contributed by atoms with van der Waals surface area (Å²) in [6.07, 6.45) is 3.07. The number of halogens is 1. The zero-order valence-electron chi connectivity index (χ0n) is 10.3. The van der Waals surface area contributed by atoms with E-state index in [1.165, 1.54) is 6.20 Å². The molecule has 2 aromatic heterocycles. The van der Waals surface area contributed by atoms with Crippen LogP contribution in [0.3, 0.4) is 0 Å². The second-order valence-corrected chi connectivity index (χ2v) is 6.00. The van der Waals surface area contributed by atoms with Gasteiger partial charge in [-0.1, -0.05) is 0 Å². The molecule has 0 bridgehead atoms. The zero-order chi connectivity index (χ0) is 14.0. The van der Waals surface area contributed by atoms with E-state index in [4.69, 9.17) is 0 Å². The molecular formula is C11H11BrN4O2S. The van der Waals surface area contributed by atoms with Crippen LogP contribution < -0.4 is 5.32 Å². The van der Waals surface area contributed by atoms with Crippen molar-refractivity contribution in [1.82, 2.24) is 9.97 Å². The van der Waals surface area contributed by atoms with Gasteiger partial charge in [0.15, 0.2) is 0 Å². The first-order valence-corrected chi connectivity index (χ1v) is 7.04. The number of nitrogens with one attached hydrogen (secondary N) is 1. The number of rotatable bonds is 4. The van der Waals surface area contributed by atoms with Crippen LogP contribution in [0.2, 0.25) is 0 Å². The van der Waals surface area contributed by atoms with Crippen molar-refractivity contribution in [3.63, 3.8) is 0 Å². The molecule has 0 unspecified atom stereocenters. The lowest BCUT2D eigenvalue weighted by Gasteiger charge is -2.08. The van der Waals surface area contributed by atoms with Crippen LogP contribution in [0.4, 0.5) is 11.5 Å². The van der Waals surface area contributed by atoms with E-state index in [0.29, 0.717) is 22.4 Å². The van der Waals surface area contributed by atoms with Crippen molar-refractivity contribution in [2.75, 3.05) is 5.32 Å². The first-order valence-electron chi connectivity index (χ1n) is 5.43. The number of thiazole rings is 1. The SMILES string of the molecule is Cc1ncc(CNc2ncc([N+](=O)[O-])c(C)c2Br)s1. The fraction of sp³-hybridized carbons (Fsp3) is 0.273. The van der Waals surface area contributed by atoms with Gasteiger partial charge in [0.2, 0.25) is 0 Å². The smallest absolute Gasteiger partial charge is 0.291 e. The molecule has 2 aromatic rings. The molecule has 0 aliphatic heterocycles. The van der Waals surface area contributed by atoms with Gasteiger partial charge >= 0.3 is 0 Å². The van der Waals surface area contributed by atoms with Crippen molar-refractivity contribution >= 4 is 38.8 Å². The Morgan fingerprint density at radius 1 is 1.42 bits per heavy atom. The number of pyridine rings is 1. The molecule has 2 rings (SSSR count). The maximum atomic E-state index is 10.8. The molecule has 0 amide bonds. The Labute approximate surface area is 122 Å². The van der Waals surface area contributed by atoms with E-state index in [-0.39, 0.29) is 5.69 Å². The molecule has 19 heavy (non-hydrogen) atoms. The highest BCUT2D eigenvalue weighted by Gasteiger charge is 2.17. The molecular weight excluding hydrogens is 332 g/mol. The Balaban J connectivity index is 2.17. The number of hydrogen-bond donors (Lipinski definition) is 1. The Kier molecular flexibility index (Phi) is 4.11. The highest BCUT2D eigenvalue weighted by molar-refractivity contribution is 9.10. The average Bonchev–Trinajstić information content (AvgIpc) is 2.76. The Morgan fingerprint density at radius 3 is 2.74 bits per heavy atom. The van der Waals surface area contributed by atoms with Crippen LogP contribution in [0, 0.1) is 24.0 Å². The number of aromatic nitrogens is 2.